The van der Waals surface area contributed by atoms with Gasteiger partial charge in [0.2, 0.25) is 0 Å². The molecule has 0 saturated heterocycles. The monoisotopic (exact) mass is 341 g/mol. The van der Waals surface area contributed by atoms with Crippen LogP contribution in [0.5, 0.6) is 0 Å². The van der Waals surface area contributed by atoms with Crippen molar-refractivity contribution in [2.75, 3.05) is 5.32 Å². The van der Waals surface area contributed by atoms with Crippen LogP contribution in [0.25, 0.3) is 0 Å². The van der Waals surface area contributed by atoms with Crippen molar-refractivity contribution in [1.29, 1.82) is 0 Å². The molecule has 0 bridgehead atoms. The van der Waals surface area contributed by atoms with Crippen LogP contribution >= 0.6 is 15.9 Å². The zero-order valence-corrected chi connectivity index (χ0v) is 11.9. The minimum absolute atomic E-state index is 0.0194. The summed E-state index contributed by atoms with van der Waals surface area (Å²) in [7, 11) is 0. The van der Waals surface area contributed by atoms with Gasteiger partial charge in [0, 0.05) is 10.2 Å². The Balaban J connectivity index is 1.89. The van der Waals surface area contributed by atoms with Gasteiger partial charge >= 0.3 is 6.18 Å². The average Bonchev–Trinajstić information content (AvgIpc) is 2.80. The van der Waals surface area contributed by atoms with Gasteiger partial charge in [0.15, 0.2) is 0 Å². The van der Waals surface area contributed by atoms with Gasteiger partial charge in [-0.05, 0) is 41.8 Å². The molecule has 0 amide bonds. The number of rotatable bonds is 1. The first-order chi connectivity index (χ1) is 9.43. The lowest BCUT2D eigenvalue weighted by atomic mass is 10.0. The first kappa shape index (κ1) is 13.5. The molecule has 5 heteroatoms. The van der Waals surface area contributed by atoms with Crippen LogP contribution in [0, 0.1) is 0 Å². The maximum absolute atomic E-state index is 12.7. The van der Waals surface area contributed by atoms with E-state index < -0.39 is 11.7 Å². The fraction of sp³-hybridized carbons (Fsp3) is 0.200. The van der Waals surface area contributed by atoms with Crippen LogP contribution in [-0.2, 0) is 12.6 Å². The second kappa shape index (κ2) is 4.81. The summed E-state index contributed by atoms with van der Waals surface area (Å²) in [6.07, 6.45) is -3.60. The third kappa shape index (κ3) is 2.54. The van der Waals surface area contributed by atoms with E-state index in [1.807, 2.05) is 24.3 Å². The van der Waals surface area contributed by atoms with Crippen LogP contribution in [-0.4, -0.2) is 0 Å². The van der Waals surface area contributed by atoms with E-state index in [0.29, 0.717) is 12.1 Å². The fourth-order valence-electron chi connectivity index (χ4n) is 2.45. The number of halogens is 4. The quantitative estimate of drug-likeness (QED) is 0.753. The van der Waals surface area contributed by atoms with Crippen molar-refractivity contribution in [3.05, 3.63) is 63.6 Å². The number of hydrogen-bond donors (Lipinski definition) is 1. The Labute approximate surface area is 122 Å². The lowest BCUT2D eigenvalue weighted by Gasteiger charge is -2.12. The normalized spacial score (nSPS) is 17.7. The van der Waals surface area contributed by atoms with Crippen molar-refractivity contribution in [3.63, 3.8) is 0 Å². The molecule has 20 heavy (non-hydrogen) atoms. The van der Waals surface area contributed by atoms with Gasteiger partial charge in [-0.25, -0.2) is 0 Å². The molecule has 1 N–H and O–H groups in total. The zero-order valence-electron chi connectivity index (χ0n) is 10.3. The van der Waals surface area contributed by atoms with Gasteiger partial charge in [-0.3, -0.25) is 0 Å². The lowest BCUT2D eigenvalue weighted by Crippen LogP contribution is -2.06. The molecule has 0 spiro atoms. The predicted molar refractivity (Wildman–Crippen MR) is 75.7 cm³/mol. The van der Waals surface area contributed by atoms with E-state index in [1.165, 1.54) is 6.07 Å². The molecule has 2 aromatic rings. The van der Waals surface area contributed by atoms with Crippen LogP contribution < -0.4 is 5.32 Å². The maximum Gasteiger partial charge on any atom is 0.416 e. The molecule has 0 fully saturated rings. The number of nitrogens with one attached hydrogen (secondary N) is 1. The van der Waals surface area contributed by atoms with Crippen molar-refractivity contribution < 1.29 is 13.2 Å². The van der Waals surface area contributed by atoms with E-state index >= 15 is 0 Å². The van der Waals surface area contributed by atoms with Gasteiger partial charge in [0.25, 0.3) is 0 Å². The summed E-state index contributed by atoms with van der Waals surface area (Å²) in [5.41, 5.74) is 1.94. The SMILES string of the molecule is FC(F)(F)c1ccc2c(c1)NC(c1cccc(Br)c1)C2. The Hall–Kier alpha value is -1.49. The molecule has 1 unspecified atom stereocenters. The van der Waals surface area contributed by atoms with Crippen LogP contribution in [0.15, 0.2) is 46.9 Å². The Morgan fingerprint density at radius 2 is 1.90 bits per heavy atom. The predicted octanol–water partition coefficient (Wildman–Crippen LogP) is 5.18. The Bertz CT molecular complexity index is 652. The molecule has 1 atom stereocenters. The van der Waals surface area contributed by atoms with Gasteiger partial charge < -0.3 is 5.32 Å². The van der Waals surface area contributed by atoms with Crippen molar-refractivity contribution in [3.8, 4) is 0 Å². The number of fused-ring (bicyclic) bond motifs is 1. The first-order valence-corrected chi connectivity index (χ1v) is 6.95. The minimum atomic E-state index is -4.30. The van der Waals surface area contributed by atoms with Crippen molar-refractivity contribution in [2.24, 2.45) is 0 Å². The van der Waals surface area contributed by atoms with Gasteiger partial charge in [-0.2, -0.15) is 13.2 Å². The lowest BCUT2D eigenvalue weighted by molar-refractivity contribution is -0.137. The summed E-state index contributed by atoms with van der Waals surface area (Å²) < 4.78 is 39.0. The van der Waals surface area contributed by atoms with E-state index in [0.717, 1.165) is 21.7 Å². The molecule has 0 aliphatic carbocycles. The summed E-state index contributed by atoms with van der Waals surface area (Å²) in [6, 6.07) is 11.7. The average molecular weight is 342 g/mol. The van der Waals surface area contributed by atoms with Crippen LogP contribution in [0.3, 0.4) is 0 Å². The smallest absolute Gasteiger partial charge is 0.378 e. The van der Waals surface area contributed by atoms with Crippen molar-refractivity contribution in [2.45, 2.75) is 18.6 Å². The second-order valence-electron chi connectivity index (χ2n) is 4.83. The van der Waals surface area contributed by atoms with E-state index in [1.54, 1.807) is 6.07 Å². The molecular weight excluding hydrogens is 331 g/mol. The number of anilines is 1. The maximum atomic E-state index is 12.7. The van der Waals surface area contributed by atoms with Gasteiger partial charge in [0.05, 0.1) is 11.6 Å². The summed E-state index contributed by atoms with van der Waals surface area (Å²) >= 11 is 3.41. The molecule has 0 aromatic heterocycles. The van der Waals surface area contributed by atoms with Crippen molar-refractivity contribution >= 4 is 21.6 Å². The standard InChI is InChI=1S/C15H11BrF3N/c16-12-3-1-2-9(6-12)13-7-10-4-5-11(15(17,18)19)8-14(10)20-13/h1-6,8,13,20H,7H2. The topological polar surface area (TPSA) is 12.0 Å². The largest absolute Gasteiger partial charge is 0.416 e. The highest BCUT2D eigenvalue weighted by molar-refractivity contribution is 9.10. The second-order valence-corrected chi connectivity index (χ2v) is 5.74. The van der Waals surface area contributed by atoms with E-state index in [4.69, 9.17) is 0 Å². The molecule has 104 valence electrons. The Morgan fingerprint density at radius 3 is 2.60 bits per heavy atom. The molecule has 0 saturated carbocycles. The summed E-state index contributed by atoms with van der Waals surface area (Å²) in [6.45, 7) is 0. The highest BCUT2D eigenvalue weighted by atomic mass is 79.9. The molecule has 1 aliphatic rings. The fourth-order valence-corrected chi connectivity index (χ4v) is 2.87. The molecule has 3 rings (SSSR count). The highest BCUT2D eigenvalue weighted by Gasteiger charge is 2.32. The first-order valence-electron chi connectivity index (χ1n) is 6.15. The number of hydrogen-bond acceptors (Lipinski definition) is 1. The van der Waals surface area contributed by atoms with E-state index in [9.17, 15) is 13.2 Å². The minimum Gasteiger partial charge on any atom is -0.378 e. The highest BCUT2D eigenvalue weighted by Crippen LogP contribution is 2.38. The molecule has 1 aliphatic heterocycles. The summed E-state index contributed by atoms with van der Waals surface area (Å²) in [4.78, 5) is 0. The third-order valence-corrected chi connectivity index (χ3v) is 3.94. The van der Waals surface area contributed by atoms with Gasteiger partial charge in [0.1, 0.15) is 0 Å². The molecule has 2 aromatic carbocycles. The molecule has 0 radical (unpaired) electrons. The van der Waals surface area contributed by atoms with E-state index in [-0.39, 0.29) is 6.04 Å². The zero-order chi connectivity index (χ0) is 14.3. The number of alkyl halides is 3. The Kier molecular flexibility index (Phi) is 3.24. The Morgan fingerprint density at radius 1 is 1.10 bits per heavy atom. The van der Waals surface area contributed by atoms with Gasteiger partial charge in [-0.1, -0.05) is 34.1 Å². The van der Waals surface area contributed by atoms with Crippen LogP contribution in [0.1, 0.15) is 22.7 Å². The summed E-state index contributed by atoms with van der Waals surface area (Å²) in [5.74, 6) is 0. The third-order valence-electron chi connectivity index (χ3n) is 3.44. The van der Waals surface area contributed by atoms with Crippen molar-refractivity contribution in [1.82, 2.24) is 0 Å². The molecule has 1 heterocycles. The number of benzene rings is 2. The van der Waals surface area contributed by atoms with E-state index in [2.05, 4.69) is 21.2 Å². The van der Waals surface area contributed by atoms with Gasteiger partial charge in [-0.15, -0.1) is 0 Å². The van der Waals surface area contributed by atoms with Crippen LogP contribution in [0.2, 0.25) is 0 Å². The summed E-state index contributed by atoms with van der Waals surface area (Å²) in [5, 5.41) is 3.17. The molecule has 1 nitrogen and oxygen atoms in total. The van der Waals surface area contributed by atoms with Crippen LogP contribution in [0.4, 0.5) is 18.9 Å². The molecular formula is C15H11BrF3N.